The number of hydrogen-bond acceptors (Lipinski definition) is 4. The molecule has 0 saturated carbocycles. The highest BCUT2D eigenvalue weighted by Gasteiger charge is 2.31. The van der Waals surface area contributed by atoms with Crippen LogP contribution in [0.5, 0.6) is 0 Å². The van der Waals surface area contributed by atoms with Gasteiger partial charge in [0.2, 0.25) is 0 Å². The van der Waals surface area contributed by atoms with Gasteiger partial charge in [-0.3, -0.25) is 4.90 Å². The molecule has 0 spiro atoms. The van der Waals surface area contributed by atoms with Crippen molar-refractivity contribution >= 4 is 33.5 Å². The van der Waals surface area contributed by atoms with Crippen molar-refractivity contribution in [2.75, 3.05) is 27.2 Å². The van der Waals surface area contributed by atoms with E-state index in [1.54, 1.807) is 6.07 Å². The maximum Gasteiger partial charge on any atom is 0.406 e. The van der Waals surface area contributed by atoms with Crippen LogP contribution in [0.15, 0.2) is 24.5 Å². The highest BCUT2D eigenvalue weighted by atomic mass is 35.5. The summed E-state index contributed by atoms with van der Waals surface area (Å²) < 4.78 is 40.7. The molecule has 3 heterocycles. The van der Waals surface area contributed by atoms with E-state index in [-0.39, 0.29) is 10.7 Å². The summed E-state index contributed by atoms with van der Waals surface area (Å²) in [5, 5.41) is 0.706. The van der Waals surface area contributed by atoms with Crippen molar-refractivity contribution in [1.82, 2.24) is 24.3 Å². The molecular formula is C20H23ClF3N5. The number of benzene rings is 1. The first-order chi connectivity index (χ1) is 13.7. The molecular weight excluding hydrogens is 403 g/mol. The molecule has 29 heavy (non-hydrogen) atoms. The van der Waals surface area contributed by atoms with Crippen molar-refractivity contribution in [3.05, 3.63) is 35.2 Å². The SMILES string of the molecule is CN(C)C1CCN(Cc2ccc3c(c2)c2ncnc(Cl)c2n3CC(F)(F)F)CC1. The van der Waals surface area contributed by atoms with Crippen LogP contribution in [-0.4, -0.2) is 63.7 Å². The minimum atomic E-state index is -4.37. The van der Waals surface area contributed by atoms with Gasteiger partial charge in [-0.05, 0) is 57.7 Å². The summed E-state index contributed by atoms with van der Waals surface area (Å²) in [6.45, 7) is 1.65. The van der Waals surface area contributed by atoms with E-state index in [0.717, 1.165) is 38.0 Å². The quantitative estimate of drug-likeness (QED) is 0.583. The number of piperidine rings is 1. The van der Waals surface area contributed by atoms with Crippen LogP contribution in [0, 0.1) is 0 Å². The second-order valence-electron chi connectivity index (χ2n) is 7.89. The minimum absolute atomic E-state index is 0.0303. The van der Waals surface area contributed by atoms with Crippen molar-refractivity contribution in [1.29, 1.82) is 0 Å². The van der Waals surface area contributed by atoms with Gasteiger partial charge in [-0.2, -0.15) is 13.2 Å². The Morgan fingerprint density at radius 2 is 1.90 bits per heavy atom. The van der Waals surface area contributed by atoms with E-state index in [1.807, 2.05) is 12.1 Å². The molecule has 1 aromatic carbocycles. The van der Waals surface area contributed by atoms with Gasteiger partial charge in [-0.25, -0.2) is 9.97 Å². The molecule has 5 nitrogen and oxygen atoms in total. The first-order valence-electron chi connectivity index (χ1n) is 9.60. The number of likely N-dealkylation sites (tertiary alicyclic amines) is 1. The molecule has 0 unspecified atom stereocenters. The fourth-order valence-corrected chi connectivity index (χ4v) is 4.45. The van der Waals surface area contributed by atoms with Gasteiger partial charge < -0.3 is 9.47 Å². The van der Waals surface area contributed by atoms with E-state index in [9.17, 15) is 13.2 Å². The summed E-state index contributed by atoms with van der Waals surface area (Å²) in [6, 6.07) is 6.17. The molecule has 1 saturated heterocycles. The van der Waals surface area contributed by atoms with Gasteiger partial charge in [0.05, 0.1) is 5.52 Å². The van der Waals surface area contributed by atoms with Gasteiger partial charge >= 0.3 is 6.18 Å². The van der Waals surface area contributed by atoms with E-state index in [0.29, 0.717) is 22.5 Å². The van der Waals surface area contributed by atoms with E-state index in [2.05, 4.69) is 33.9 Å². The largest absolute Gasteiger partial charge is 0.406 e. The van der Waals surface area contributed by atoms with Gasteiger partial charge in [-0.15, -0.1) is 0 Å². The molecule has 0 N–H and O–H groups in total. The van der Waals surface area contributed by atoms with Crippen LogP contribution < -0.4 is 0 Å². The summed E-state index contributed by atoms with van der Waals surface area (Å²) in [4.78, 5) is 12.8. The van der Waals surface area contributed by atoms with Crippen LogP contribution in [0.25, 0.3) is 21.9 Å². The lowest BCUT2D eigenvalue weighted by Gasteiger charge is -2.35. The highest BCUT2D eigenvalue weighted by molar-refractivity contribution is 6.34. The van der Waals surface area contributed by atoms with Crippen LogP contribution in [0.2, 0.25) is 5.15 Å². The third kappa shape index (κ3) is 4.20. The number of rotatable bonds is 4. The van der Waals surface area contributed by atoms with Gasteiger partial charge in [-0.1, -0.05) is 17.7 Å². The topological polar surface area (TPSA) is 37.2 Å². The average Bonchev–Trinajstić information content (AvgIpc) is 2.95. The molecule has 1 fully saturated rings. The molecule has 9 heteroatoms. The van der Waals surface area contributed by atoms with Crippen molar-refractivity contribution < 1.29 is 13.2 Å². The normalized spacial score (nSPS) is 17.1. The zero-order valence-electron chi connectivity index (χ0n) is 16.4. The number of halogens is 4. The number of hydrogen-bond donors (Lipinski definition) is 0. The standard InChI is InChI=1S/C20H23ClF3N5/c1-27(2)14-5-7-28(8-6-14)10-13-3-4-16-15(9-13)17-18(19(21)26-12-25-17)29(16)11-20(22,23)24/h3-4,9,12,14H,5-8,10-11H2,1-2H3. The van der Waals surface area contributed by atoms with Gasteiger partial charge in [0.1, 0.15) is 23.9 Å². The number of alkyl halides is 3. The molecule has 1 aliphatic heterocycles. The highest BCUT2D eigenvalue weighted by Crippen LogP contribution is 2.34. The van der Waals surface area contributed by atoms with Crippen molar-refractivity contribution in [3.8, 4) is 0 Å². The van der Waals surface area contributed by atoms with Crippen LogP contribution >= 0.6 is 11.6 Å². The molecule has 1 aliphatic rings. The molecule has 0 bridgehead atoms. The summed E-state index contributed by atoms with van der Waals surface area (Å²) in [7, 11) is 4.22. The summed E-state index contributed by atoms with van der Waals surface area (Å²) in [5.41, 5.74) is 2.21. The molecule has 2 aromatic heterocycles. The van der Waals surface area contributed by atoms with Crippen molar-refractivity contribution in [2.45, 2.75) is 38.1 Å². The zero-order valence-corrected chi connectivity index (χ0v) is 17.1. The van der Waals surface area contributed by atoms with Crippen LogP contribution in [0.4, 0.5) is 13.2 Å². The molecule has 0 amide bonds. The van der Waals surface area contributed by atoms with E-state index < -0.39 is 12.7 Å². The predicted molar refractivity (Wildman–Crippen MR) is 108 cm³/mol. The summed E-state index contributed by atoms with van der Waals surface area (Å²) in [5.74, 6) is 0. The molecule has 4 rings (SSSR count). The van der Waals surface area contributed by atoms with Gasteiger partial charge in [0.15, 0.2) is 5.15 Å². The van der Waals surface area contributed by atoms with Crippen molar-refractivity contribution in [2.24, 2.45) is 0 Å². The first kappa shape index (κ1) is 20.4. The first-order valence-corrected chi connectivity index (χ1v) is 9.97. The number of aromatic nitrogens is 3. The predicted octanol–water partition coefficient (Wildman–Crippen LogP) is 4.33. The third-order valence-electron chi connectivity index (χ3n) is 5.69. The third-order valence-corrected chi connectivity index (χ3v) is 5.96. The fraction of sp³-hybridized carbons (Fsp3) is 0.500. The lowest BCUT2D eigenvalue weighted by atomic mass is 10.0. The molecule has 0 aliphatic carbocycles. The van der Waals surface area contributed by atoms with E-state index >= 15 is 0 Å². The van der Waals surface area contributed by atoms with E-state index in [1.165, 1.54) is 10.9 Å². The monoisotopic (exact) mass is 425 g/mol. The van der Waals surface area contributed by atoms with Crippen LogP contribution in [0.3, 0.4) is 0 Å². The Hall–Kier alpha value is -1.90. The molecule has 0 atom stereocenters. The van der Waals surface area contributed by atoms with Crippen molar-refractivity contribution in [3.63, 3.8) is 0 Å². The number of fused-ring (bicyclic) bond motifs is 3. The Morgan fingerprint density at radius 3 is 2.55 bits per heavy atom. The smallest absolute Gasteiger partial charge is 0.327 e. The van der Waals surface area contributed by atoms with Crippen LogP contribution in [0.1, 0.15) is 18.4 Å². The average molecular weight is 426 g/mol. The summed E-state index contributed by atoms with van der Waals surface area (Å²) in [6.07, 6.45) is -0.847. The Bertz CT molecular complexity index is 1020. The van der Waals surface area contributed by atoms with Gasteiger partial charge in [0.25, 0.3) is 0 Å². The molecule has 0 radical (unpaired) electrons. The van der Waals surface area contributed by atoms with Crippen LogP contribution in [-0.2, 0) is 13.1 Å². The summed E-state index contributed by atoms with van der Waals surface area (Å²) >= 11 is 6.15. The van der Waals surface area contributed by atoms with Gasteiger partial charge in [0, 0.05) is 18.0 Å². The second kappa shape index (κ2) is 7.74. The lowest BCUT2D eigenvalue weighted by Crippen LogP contribution is -2.41. The maximum atomic E-state index is 13.2. The Labute approximate surface area is 172 Å². The lowest BCUT2D eigenvalue weighted by molar-refractivity contribution is -0.139. The molecule has 3 aromatic rings. The second-order valence-corrected chi connectivity index (χ2v) is 8.24. The Morgan fingerprint density at radius 1 is 1.17 bits per heavy atom. The Balaban J connectivity index is 1.68. The maximum absolute atomic E-state index is 13.2. The number of nitrogens with zero attached hydrogens (tertiary/aromatic N) is 5. The molecule has 156 valence electrons. The van der Waals surface area contributed by atoms with E-state index in [4.69, 9.17) is 11.6 Å². The minimum Gasteiger partial charge on any atom is -0.327 e. The fourth-order valence-electron chi connectivity index (χ4n) is 4.22. The Kier molecular flexibility index (Phi) is 5.44. The zero-order chi connectivity index (χ0) is 20.8.